The van der Waals surface area contributed by atoms with E-state index in [1.54, 1.807) is 0 Å². The minimum Gasteiger partial charge on any atom is -0.288 e. The number of benzene rings is 1. The van der Waals surface area contributed by atoms with Crippen molar-refractivity contribution in [2.45, 2.75) is 6.92 Å². The first-order chi connectivity index (χ1) is 8.41. The zero-order valence-corrected chi connectivity index (χ0v) is 13.0. The Morgan fingerprint density at radius 2 is 1.94 bits per heavy atom. The maximum atomic E-state index is 13.9. The molecular formula is C12H6Br2F2OS. The van der Waals surface area contributed by atoms with Crippen LogP contribution in [0.2, 0.25) is 0 Å². The van der Waals surface area contributed by atoms with Crippen LogP contribution in [0.1, 0.15) is 21.5 Å². The van der Waals surface area contributed by atoms with Gasteiger partial charge in [0.15, 0.2) is 0 Å². The van der Waals surface area contributed by atoms with Gasteiger partial charge in [-0.1, -0.05) is 6.07 Å². The molecule has 1 aromatic heterocycles. The molecule has 18 heavy (non-hydrogen) atoms. The highest BCUT2D eigenvalue weighted by molar-refractivity contribution is 9.12. The van der Waals surface area contributed by atoms with Crippen molar-refractivity contribution in [2.24, 2.45) is 0 Å². The van der Waals surface area contributed by atoms with Gasteiger partial charge in [0.2, 0.25) is 5.78 Å². The number of thiophene rings is 1. The van der Waals surface area contributed by atoms with E-state index in [-0.39, 0.29) is 11.1 Å². The Morgan fingerprint density at radius 1 is 1.28 bits per heavy atom. The Hall–Kier alpha value is -0.590. The molecule has 0 aliphatic carbocycles. The lowest BCUT2D eigenvalue weighted by Crippen LogP contribution is -2.08. The molecule has 0 N–H and O–H groups in total. The average Bonchev–Trinajstić information content (AvgIpc) is 2.63. The van der Waals surface area contributed by atoms with Gasteiger partial charge in [0, 0.05) is 5.56 Å². The van der Waals surface area contributed by atoms with Crippen molar-refractivity contribution in [3.63, 3.8) is 0 Å². The van der Waals surface area contributed by atoms with Crippen molar-refractivity contribution in [1.82, 2.24) is 0 Å². The van der Waals surface area contributed by atoms with Crippen molar-refractivity contribution in [3.05, 3.63) is 54.1 Å². The fourth-order valence-electron chi connectivity index (χ4n) is 1.49. The van der Waals surface area contributed by atoms with Gasteiger partial charge in [-0.15, -0.1) is 11.3 Å². The molecule has 1 nitrogen and oxygen atoms in total. The molecule has 2 aromatic rings. The molecular weight excluding hydrogens is 390 g/mol. The van der Waals surface area contributed by atoms with Crippen LogP contribution in [0.5, 0.6) is 0 Å². The smallest absolute Gasteiger partial charge is 0.200 e. The van der Waals surface area contributed by atoms with Crippen LogP contribution in [0.4, 0.5) is 8.78 Å². The van der Waals surface area contributed by atoms with E-state index in [2.05, 4.69) is 31.9 Å². The minimum atomic E-state index is -0.850. The zero-order valence-electron chi connectivity index (χ0n) is 9.06. The highest BCUT2D eigenvalue weighted by Gasteiger charge is 2.23. The summed E-state index contributed by atoms with van der Waals surface area (Å²) >= 11 is 7.71. The second kappa shape index (κ2) is 5.19. The van der Waals surface area contributed by atoms with Crippen LogP contribution < -0.4 is 0 Å². The largest absolute Gasteiger partial charge is 0.288 e. The van der Waals surface area contributed by atoms with E-state index in [1.807, 2.05) is 0 Å². The molecule has 0 bridgehead atoms. The van der Waals surface area contributed by atoms with Crippen LogP contribution in [-0.2, 0) is 0 Å². The number of carbonyl (C=O) groups is 1. The SMILES string of the molecule is Cc1ccc(F)c(C(=O)c2cc(Br)sc2Br)c1F. The van der Waals surface area contributed by atoms with Crippen LogP contribution in [0.3, 0.4) is 0 Å². The molecule has 0 saturated carbocycles. The third kappa shape index (κ3) is 2.41. The molecule has 0 aliphatic rings. The van der Waals surface area contributed by atoms with E-state index < -0.39 is 23.0 Å². The summed E-state index contributed by atoms with van der Waals surface area (Å²) < 4.78 is 28.7. The number of hydrogen-bond donors (Lipinski definition) is 0. The molecule has 0 radical (unpaired) electrons. The van der Waals surface area contributed by atoms with E-state index in [0.29, 0.717) is 7.57 Å². The Labute approximate surface area is 123 Å². The number of aryl methyl sites for hydroxylation is 1. The Morgan fingerprint density at radius 3 is 2.50 bits per heavy atom. The van der Waals surface area contributed by atoms with E-state index in [1.165, 1.54) is 30.4 Å². The fraction of sp³-hybridized carbons (Fsp3) is 0.0833. The van der Waals surface area contributed by atoms with E-state index in [9.17, 15) is 13.6 Å². The van der Waals surface area contributed by atoms with Gasteiger partial charge in [0.1, 0.15) is 11.6 Å². The second-order valence-corrected chi connectivity index (χ2v) is 7.37. The number of carbonyl (C=O) groups excluding carboxylic acids is 1. The van der Waals surface area contributed by atoms with Crippen molar-refractivity contribution >= 4 is 49.0 Å². The molecule has 0 saturated heterocycles. The van der Waals surface area contributed by atoms with Gasteiger partial charge in [0.25, 0.3) is 0 Å². The first kappa shape index (κ1) is 13.8. The Balaban J connectivity index is 2.60. The molecule has 0 atom stereocenters. The molecule has 0 amide bonds. The summed E-state index contributed by atoms with van der Waals surface area (Å²) in [6.45, 7) is 1.49. The number of ketones is 1. The van der Waals surface area contributed by atoms with Gasteiger partial charge in [0.05, 0.1) is 13.1 Å². The van der Waals surface area contributed by atoms with Crippen molar-refractivity contribution in [2.75, 3.05) is 0 Å². The summed E-state index contributed by atoms with van der Waals surface area (Å²) in [6, 6.07) is 3.94. The zero-order chi connectivity index (χ0) is 13.4. The Kier molecular flexibility index (Phi) is 3.99. The second-order valence-electron chi connectivity index (χ2n) is 3.62. The van der Waals surface area contributed by atoms with Crippen LogP contribution in [0.15, 0.2) is 25.8 Å². The quantitative estimate of drug-likeness (QED) is 0.647. The lowest BCUT2D eigenvalue weighted by atomic mass is 10.0. The van der Waals surface area contributed by atoms with E-state index >= 15 is 0 Å². The maximum Gasteiger partial charge on any atom is 0.200 e. The van der Waals surface area contributed by atoms with Crippen LogP contribution in [0.25, 0.3) is 0 Å². The molecule has 0 fully saturated rings. The van der Waals surface area contributed by atoms with Gasteiger partial charge < -0.3 is 0 Å². The molecule has 0 unspecified atom stereocenters. The van der Waals surface area contributed by atoms with Crippen molar-refractivity contribution in [1.29, 1.82) is 0 Å². The topological polar surface area (TPSA) is 17.1 Å². The molecule has 0 aliphatic heterocycles. The molecule has 94 valence electrons. The van der Waals surface area contributed by atoms with Gasteiger partial charge in [-0.25, -0.2) is 8.78 Å². The van der Waals surface area contributed by atoms with Crippen LogP contribution >= 0.6 is 43.2 Å². The van der Waals surface area contributed by atoms with E-state index in [4.69, 9.17) is 0 Å². The van der Waals surface area contributed by atoms with Crippen LogP contribution in [0, 0.1) is 18.6 Å². The lowest BCUT2D eigenvalue weighted by Gasteiger charge is -2.05. The standard InChI is InChI=1S/C12H6Br2F2OS/c1-5-2-3-7(15)9(10(5)16)11(17)6-4-8(13)18-12(6)14/h2-4H,1H3. The molecule has 1 aromatic carbocycles. The summed E-state index contributed by atoms with van der Waals surface area (Å²) in [5, 5.41) is 0. The van der Waals surface area contributed by atoms with Crippen molar-refractivity contribution < 1.29 is 13.6 Å². The molecule has 1 heterocycles. The highest BCUT2D eigenvalue weighted by atomic mass is 79.9. The van der Waals surface area contributed by atoms with Gasteiger partial charge in [-0.05, 0) is 56.5 Å². The average molecular weight is 396 g/mol. The van der Waals surface area contributed by atoms with Gasteiger partial charge >= 0.3 is 0 Å². The summed E-state index contributed by atoms with van der Waals surface area (Å²) in [5.74, 6) is -2.32. The normalized spacial score (nSPS) is 10.7. The van der Waals surface area contributed by atoms with E-state index in [0.717, 1.165) is 6.07 Å². The highest BCUT2D eigenvalue weighted by Crippen LogP contribution is 2.34. The minimum absolute atomic E-state index is 0.241. The van der Waals surface area contributed by atoms with Crippen molar-refractivity contribution in [3.8, 4) is 0 Å². The van der Waals surface area contributed by atoms with Gasteiger partial charge in [-0.3, -0.25) is 4.79 Å². The number of rotatable bonds is 2. The first-order valence-electron chi connectivity index (χ1n) is 4.86. The molecule has 0 spiro atoms. The Bertz CT molecular complexity index is 637. The monoisotopic (exact) mass is 394 g/mol. The lowest BCUT2D eigenvalue weighted by molar-refractivity contribution is 0.103. The predicted octanol–water partition coefficient (Wildman–Crippen LogP) is 5.09. The third-order valence-corrected chi connectivity index (χ3v) is 4.75. The van der Waals surface area contributed by atoms with Crippen LogP contribution in [-0.4, -0.2) is 5.78 Å². The third-order valence-electron chi connectivity index (χ3n) is 2.41. The summed E-state index contributed by atoms with van der Waals surface area (Å²) in [6.07, 6.45) is 0. The summed E-state index contributed by atoms with van der Waals surface area (Å²) in [4.78, 5) is 12.2. The summed E-state index contributed by atoms with van der Waals surface area (Å²) in [7, 11) is 0. The molecule has 2 rings (SSSR count). The predicted molar refractivity (Wildman–Crippen MR) is 74.2 cm³/mol. The summed E-state index contributed by atoms with van der Waals surface area (Å²) in [5.41, 5.74) is -0.0264. The fourth-order valence-corrected chi connectivity index (χ4v) is 4.29. The number of hydrogen-bond acceptors (Lipinski definition) is 2. The van der Waals surface area contributed by atoms with Gasteiger partial charge in [-0.2, -0.15) is 0 Å². The first-order valence-corrected chi connectivity index (χ1v) is 7.26. The molecule has 6 heteroatoms. The maximum absolute atomic E-state index is 13.9. The number of halogens is 4.